The van der Waals surface area contributed by atoms with Crippen molar-refractivity contribution in [2.75, 3.05) is 5.32 Å². The molecule has 0 aliphatic carbocycles. The van der Waals surface area contributed by atoms with Crippen LogP contribution in [0.4, 0.5) is 18.9 Å². The lowest BCUT2D eigenvalue weighted by Gasteiger charge is -2.15. The monoisotopic (exact) mass is 516 g/mol. The van der Waals surface area contributed by atoms with Gasteiger partial charge in [-0.15, -0.1) is 0 Å². The molecule has 0 radical (unpaired) electrons. The Morgan fingerprint density at radius 1 is 1.22 bits per heavy atom. The van der Waals surface area contributed by atoms with Crippen LogP contribution in [0.1, 0.15) is 40.4 Å². The summed E-state index contributed by atoms with van der Waals surface area (Å²) in [6, 6.07) is -1.09. The van der Waals surface area contributed by atoms with Gasteiger partial charge in [0.1, 0.15) is 11.7 Å². The first kappa shape index (κ1) is 23.5. The van der Waals surface area contributed by atoms with Crippen molar-refractivity contribution in [3.05, 3.63) is 45.7 Å². The first-order chi connectivity index (χ1) is 14.9. The number of nitrogens with zero attached hydrogens (tertiary/aromatic N) is 6. The Balaban J connectivity index is 1.77. The van der Waals surface area contributed by atoms with Crippen LogP contribution >= 0.6 is 15.9 Å². The van der Waals surface area contributed by atoms with Gasteiger partial charge in [0.15, 0.2) is 5.69 Å². The van der Waals surface area contributed by atoms with Gasteiger partial charge in [0.05, 0.1) is 28.2 Å². The molecule has 3 heterocycles. The molecule has 3 rings (SSSR count). The minimum absolute atomic E-state index is 0.0868. The molecule has 0 bridgehead atoms. The van der Waals surface area contributed by atoms with Crippen LogP contribution < -0.4 is 10.6 Å². The van der Waals surface area contributed by atoms with Crippen LogP contribution in [0.3, 0.4) is 0 Å². The van der Waals surface area contributed by atoms with Crippen molar-refractivity contribution in [2.24, 2.45) is 14.1 Å². The van der Waals surface area contributed by atoms with Gasteiger partial charge in [-0.3, -0.25) is 23.6 Å². The molecule has 0 aromatic carbocycles. The van der Waals surface area contributed by atoms with E-state index in [1.807, 2.05) is 0 Å². The molecule has 3 aromatic heterocycles. The predicted molar refractivity (Wildman–Crippen MR) is 111 cm³/mol. The molecule has 0 saturated carbocycles. The van der Waals surface area contributed by atoms with Gasteiger partial charge in [-0.25, -0.2) is 0 Å². The fourth-order valence-corrected chi connectivity index (χ4v) is 3.52. The molecule has 0 fully saturated rings. The van der Waals surface area contributed by atoms with Crippen LogP contribution in [0.25, 0.3) is 0 Å². The lowest BCUT2D eigenvalue weighted by atomic mass is 10.2. The summed E-state index contributed by atoms with van der Waals surface area (Å²) in [6.45, 7) is 3.03. The lowest BCUT2D eigenvalue weighted by Crippen LogP contribution is -2.29. The van der Waals surface area contributed by atoms with Gasteiger partial charge in [-0.05, 0) is 29.8 Å². The summed E-state index contributed by atoms with van der Waals surface area (Å²) in [5.74, 6) is -1.15. The van der Waals surface area contributed by atoms with E-state index in [9.17, 15) is 22.8 Å². The smallest absolute Gasteiger partial charge is 0.346 e. The summed E-state index contributed by atoms with van der Waals surface area (Å²) >= 11 is 2.89. The lowest BCUT2D eigenvalue weighted by molar-refractivity contribution is -0.142. The number of carbonyl (C=O) groups is 2. The molecule has 0 spiro atoms. The van der Waals surface area contributed by atoms with E-state index in [0.717, 1.165) is 10.2 Å². The van der Waals surface area contributed by atoms with Crippen LogP contribution in [-0.4, -0.2) is 41.2 Å². The van der Waals surface area contributed by atoms with E-state index in [4.69, 9.17) is 0 Å². The van der Waals surface area contributed by atoms with E-state index in [-0.39, 0.29) is 28.1 Å². The van der Waals surface area contributed by atoms with Gasteiger partial charge in [0, 0.05) is 32.4 Å². The number of hydrogen-bond donors (Lipinski definition) is 2. The van der Waals surface area contributed by atoms with Crippen molar-refractivity contribution in [2.45, 2.75) is 32.6 Å². The second-order valence-electron chi connectivity index (χ2n) is 7.09. The molecule has 32 heavy (non-hydrogen) atoms. The highest BCUT2D eigenvalue weighted by Crippen LogP contribution is 2.36. The zero-order valence-electron chi connectivity index (χ0n) is 17.5. The van der Waals surface area contributed by atoms with E-state index in [1.165, 1.54) is 31.8 Å². The summed E-state index contributed by atoms with van der Waals surface area (Å²) in [7, 11) is 3.28. The number of nitrogens with one attached hydrogen (secondary N) is 2. The number of halogens is 4. The maximum absolute atomic E-state index is 13.1. The largest absolute Gasteiger partial charge is 0.436 e. The molecular formula is C18H20BrF3N8O2. The minimum Gasteiger partial charge on any atom is -0.346 e. The van der Waals surface area contributed by atoms with Crippen molar-refractivity contribution in [3.8, 4) is 0 Å². The highest BCUT2D eigenvalue weighted by molar-refractivity contribution is 9.10. The second kappa shape index (κ2) is 8.76. The van der Waals surface area contributed by atoms with E-state index in [1.54, 1.807) is 24.1 Å². The fourth-order valence-electron chi connectivity index (χ4n) is 3.03. The van der Waals surface area contributed by atoms with E-state index < -0.39 is 29.7 Å². The quantitative estimate of drug-likeness (QED) is 0.522. The summed E-state index contributed by atoms with van der Waals surface area (Å²) in [6.07, 6.45) is -0.0359. The van der Waals surface area contributed by atoms with Crippen LogP contribution in [0.5, 0.6) is 0 Å². The van der Waals surface area contributed by atoms with Crippen molar-refractivity contribution >= 4 is 33.4 Å². The Morgan fingerprint density at radius 3 is 2.47 bits per heavy atom. The Bertz CT molecular complexity index is 1160. The molecule has 1 atom stereocenters. The third-order valence-corrected chi connectivity index (χ3v) is 5.66. The van der Waals surface area contributed by atoms with Crippen LogP contribution in [0, 0.1) is 6.92 Å². The van der Waals surface area contributed by atoms with Crippen LogP contribution in [-0.2, 0) is 31.6 Å². The van der Waals surface area contributed by atoms with Gasteiger partial charge >= 0.3 is 6.18 Å². The summed E-state index contributed by atoms with van der Waals surface area (Å²) < 4.78 is 43.0. The topological polar surface area (TPSA) is 112 Å². The number of carbonyl (C=O) groups excluding carboxylic acids is 2. The maximum atomic E-state index is 13.1. The van der Waals surface area contributed by atoms with E-state index in [2.05, 4.69) is 41.9 Å². The Hall–Kier alpha value is -3.16. The molecular weight excluding hydrogens is 497 g/mol. The van der Waals surface area contributed by atoms with Gasteiger partial charge < -0.3 is 10.6 Å². The number of alkyl halides is 3. The Morgan fingerprint density at radius 2 is 1.91 bits per heavy atom. The maximum Gasteiger partial charge on any atom is 0.436 e. The minimum atomic E-state index is -4.67. The Labute approximate surface area is 188 Å². The third kappa shape index (κ3) is 4.69. The summed E-state index contributed by atoms with van der Waals surface area (Å²) in [5.41, 5.74) is 0.00581. The highest BCUT2D eigenvalue weighted by Gasteiger charge is 2.39. The van der Waals surface area contributed by atoms with Crippen molar-refractivity contribution in [1.82, 2.24) is 34.7 Å². The molecule has 2 amide bonds. The molecule has 3 aromatic rings. The van der Waals surface area contributed by atoms with Crippen LogP contribution in [0.15, 0.2) is 23.1 Å². The van der Waals surface area contributed by atoms with Crippen molar-refractivity contribution < 1.29 is 22.8 Å². The molecule has 0 saturated heterocycles. The average molecular weight is 517 g/mol. The molecule has 1 unspecified atom stereocenters. The fraction of sp³-hybridized carbons (Fsp3) is 0.389. The predicted octanol–water partition coefficient (Wildman–Crippen LogP) is 2.57. The first-order valence-electron chi connectivity index (χ1n) is 9.30. The van der Waals surface area contributed by atoms with E-state index in [0.29, 0.717) is 0 Å². The normalized spacial score (nSPS) is 12.6. The number of anilines is 1. The van der Waals surface area contributed by atoms with Crippen molar-refractivity contribution in [1.29, 1.82) is 0 Å². The molecule has 10 nitrogen and oxygen atoms in total. The third-order valence-electron chi connectivity index (χ3n) is 4.71. The van der Waals surface area contributed by atoms with Gasteiger partial charge in [-0.1, -0.05) is 0 Å². The van der Waals surface area contributed by atoms with Gasteiger partial charge in [0.2, 0.25) is 5.91 Å². The SMILES string of the molecule is Cc1c(Br)c(C(F)(F)F)nn1C(C)C(=O)Nc1cnn(C)c1C(=O)NCc1cnn(C)c1. The molecule has 2 N–H and O–H groups in total. The van der Waals surface area contributed by atoms with Crippen molar-refractivity contribution in [3.63, 3.8) is 0 Å². The van der Waals surface area contributed by atoms with E-state index >= 15 is 0 Å². The standard InChI is InChI=1S/C18H20BrF3N8O2/c1-9-13(19)15(18(20,21)22)27-30(9)10(2)16(31)26-12-7-25-29(4)14(12)17(32)23-5-11-6-24-28(3)8-11/h6-8,10H,5H2,1-4H3,(H,23,32)(H,26,31). The number of amides is 2. The number of rotatable bonds is 6. The summed E-state index contributed by atoms with van der Waals surface area (Å²) in [5, 5.41) is 16.8. The van der Waals surface area contributed by atoms with Gasteiger partial charge in [0.25, 0.3) is 5.91 Å². The molecule has 172 valence electrons. The first-order valence-corrected chi connectivity index (χ1v) is 10.1. The number of aromatic nitrogens is 6. The Kier molecular flexibility index (Phi) is 6.44. The highest BCUT2D eigenvalue weighted by atomic mass is 79.9. The van der Waals surface area contributed by atoms with Gasteiger partial charge in [-0.2, -0.15) is 28.5 Å². The van der Waals surface area contributed by atoms with Crippen LogP contribution in [0.2, 0.25) is 0 Å². The number of aryl methyl sites for hydroxylation is 2. The summed E-state index contributed by atoms with van der Waals surface area (Å²) in [4.78, 5) is 25.4. The molecule has 0 aliphatic heterocycles. The molecule has 0 aliphatic rings. The average Bonchev–Trinajstić information content (AvgIpc) is 3.37. The number of hydrogen-bond acceptors (Lipinski definition) is 5. The molecule has 14 heteroatoms. The zero-order chi connectivity index (χ0) is 23.8. The zero-order valence-corrected chi connectivity index (χ0v) is 19.1. The second-order valence-corrected chi connectivity index (χ2v) is 7.88.